The number of nitrogens with zero attached hydrogens (tertiary/aromatic N) is 1. The molecule has 1 atom stereocenters. The lowest BCUT2D eigenvalue weighted by molar-refractivity contribution is -0.115. The van der Waals surface area contributed by atoms with Crippen molar-refractivity contribution in [1.82, 2.24) is 4.98 Å². The molecule has 0 aliphatic carbocycles. The molecule has 0 spiro atoms. The van der Waals surface area contributed by atoms with Gasteiger partial charge in [-0.1, -0.05) is 55.1 Å². The van der Waals surface area contributed by atoms with Gasteiger partial charge in [-0.05, 0) is 73.9 Å². The maximum atomic E-state index is 12.9. The number of anilines is 1. The summed E-state index contributed by atoms with van der Waals surface area (Å²) in [5.41, 5.74) is 4.06. The minimum Gasteiger partial charge on any atom is -0.457 e. The van der Waals surface area contributed by atoms with Crippen molar-refractivity contribution in [2.45, 2.75) is 37.5 Å². The highest BCUT2D eigenvalue weighted by molar-refractivity contribution is 8.00. The molecule has 0 aliphatic heterocycles. The first-order chi connectivity index (χ1) is 15.5. The topological polar surface area (TPSA) is 51.2 Å². The molecule has 1 heterocycles. The van der Waals surface area contributed by atoms with E-state index in [9.17, 15) is 4.79 Å². The Labute approximate surface area is 193 Å². The van der Waals surface area contributed by atoms with Crippen LogP contribution in [-0.2, 0) is 4.79 Å². The molecular weight excluding hydrogens is 416 g/mol. The second-order valence-electron chi connectivity index (χ2n) is 7.69. The molecular formula is C27H26N2O2S. The molecule has 4 rings (SSSR count). The zero-order chi connectivity index (χ0) is 22.5. The fraction of sp³-hybridized carbons (Fsp3) is 0.185. The van der Waals surface area contributed by atoms with Crippen molar-refractivity contribution in [2.24, 2.45) is 0 Å². The van der Waals surface area contributed by atoms with E-state index in [1.807, 2.05) is 61.5 Å². The molecule has 4 aromatic rings. The summed E-state index contributed by atoms with van der Waals surface area (Å²) >= 11 is 1.51. The predicted octanol–water partition coefficient (Wildman–Crippen LogP) is 7.15. The van der Waals surface area contributed by atoms with E-state index in [2.05, 4.69) is 43.4 Å². The largest absolute Gasteiger partial charge is 0.457 e. The number of carbonyl (C=O) groups excluding carboxylic acids is 1. The number of pyridine rings is 1. The summed E-state index contributed by atoms with van der Waals surface area (Å²) in [6, 6.07) is 25.3. The summed E-state index contributed by atoms with van der Waals surface area (Å²) in [4.78, 5) is 17.8. The van der Waals surface area contributed by atoms with Crippen molar-refractivity contribution in [1.29, 1.82) is 0 Å². The molecule has 4 nitrogen and oxygen atoms in total. The maximum Gasteiger partial charge on any atom is 0.237 e. The first-order valence-corrected chi connectivity index (χ1v) is 11.6. The number of benzene rings is 3. The van der Waals surface area contributed by atoms with E-state index in [0.717, 1.165) is 38.7 Å². The molecule has 0 bridgehead atoms. The minimum atomic E-state index is -0.233. The number of para-hydroxylation sites is 2. The Bertz CT molecular complexity index is 1220. The third kappa shape index (κ3) is 5.11. The van der Waals surface area contributed by atoms with Gasteiger partial charge in [0.2, 0.25) is 5.91 Å². The van der Waals surface area contributed by atoms with Gasteiger partial charge in [0.05, 0.1) is 15.8 Å². The lowest BCUT2D eigenvalue weighted by Gasteiger charge is -2.16. The fourth-order valence-corrected chi connectivity index (χ4v) is 4.53. The van der Waals surface area contributed by atoms with Gasteiger partial charge < -0.3 is 10.1 Å². The molecule has 0 radical (unpaired) electrons. The van der Waals surface area contributed by atoms with Crippen molar-refractivity contribution >= 4 is 34.3 Å². The first kappa shape index (κ1) is 21.9. The number of nitrogens with one attached hydrogen (secondary N) is 1. The number of thioether (sulfide) groups is 1. The van der Waals surface area contributed by atoms with Crippen LogP contribution in [0.1, 0.15) is 24.5 Å². The van der Waals surface area contributed by atoms with Crippen molar-refractivity contribution in [3.05, 3.63) is 90.0 Å². The molecule has 0 saturated carbocycles. The predicted molar refractivity (Wildman–Crippen MR) is 133 cm³/mol. The van der Waals surface area contributed by atoms with Crippen molar-refractivity contribution in [3.8, 4) is 11.5 Å². The highest BCUT2D eigenvalue weighted by Crippen LogP contribution is 2.30. The number of aryl methyl sites for hydroxylation is 2. The Balaban J connectivity index is 1.44. The third-order valence-corrected chi connectivity index (χ3v) is 6.53. The van der Waals surface area contributed by atoms with Gasteiger partial charge in [0.25, 0.3) is 0 Å². The molecule has 5 heteroatoms. The van der Waals surface area contributed by atoms with Crippen LogP contribution in [-0.4, -0.2) is 16.1 Å². The molecule has 1 N–H and O–H groups in total. The van der Waals surface area contributed by atoms with Gasteiger partial charge in [0, 0.05) is 11.1 Å². The van der Waals surface area contributed by atoms with Crippen LogP contribution in [0.4, 0.5) is 5.69 Å². The third-order valence-electron chi connectivity index (χ3n) is 5.25. The molecule has 1 amide bonds. The van der Waals surface area contributed by atoms with Crippen molar-refractivity contribution in [3.63, 3.8) is 0 Å². The number of hydrogen-bond donors (Lipinski definition) is 1. The smallest absolute Gasteiger partial charge is 0.237 e. The quantitative estimate of drug-likeness (QED) is 0.309. The normalized spacial score (nSPS) is 11.8. The van der Waals surface area contributed by atoms with Gasteiger partial charge >= 0.3 is 0 Å². The van der Waals surface area contributed by atoms with Crippen LogP contribution in [0.15, 0.2) is 83.9 Å². The van der Waals surface area contributed by atoms with E-state index in [1.54, 1.807) is 0 Å². The van der Waals surface area contributed by atoms with E-state index < -0.39 is 0 Å². The van der Waals surface area contributed by atoms with Gasteiger partial charge in [-0.2, -0.15) is 0 Å². The molecule has 3 aromatic carbocycles. The average molecular weight is 443 g/mol. The number of carbonyl (C=O) groups is 1. The monoisotopic (exact) mass is 442 g/mol. The van der Waals surface area contributed by atoms with Crippen LogP contribution in [0.2, 0.25) is 0 Å². The Kier molecular flexibility index (Phi) is 6.76. The SMILES string of the molecule is CCC(Sc1cc(C)c2cccc(C)c2n1)C(=O)Nc1ccc(Oc2ccccc2)cc1. The van der Waals surface area contributed by atoms with Gasteiger partial charge in [0.15, 0.2) is 0 Å². The van der Waals surface area contributed by atoms with Crippen LogP contribution >= 0.6 is 11.8 Å². The number of ether oxygens (including phenoxy) is 1. The van der Waals surface area contributed by atoms with Crippen molar-refractivity contribution < 1.29 is 9.53 Å². The molecule has 0 aliphatic rings. The number of hydrogen-bond acceptors (Lipinski definition) is 4. The Morgan fingerprint density at radius 2 is 1.66 bits per heavy atom. The zero-order valence-electron chi connectivity index (χ0n) is 18.5. The summed E-state index contributed by atoms with van der Waals surface area (Å²) in [6.07, 6.45) is 0.707. The average Bonchev–Trinajstić information content (AvgIpc) is 2.80. The maximum absolute atomic E-state index is 12.9. The highest BCUT2D eigenvalue weighted by atomic mass is 32.2. The summed E-state index contributed by atoms with van der Waals surface area (Å²) < 4.78 is 5.82. The van der Waals surface area contributed by atoms with Gasteiger partial charge in [-0.3, -0.25) is 4.79 Å². The van der Waals surface area contributed by atoms with E-state index >= 15 is 0 Å². The second-order valence-corrected chi connectivity index (χ2v) is 8.91. The van der Waals surface area contributed by atoms with Crippen LogP contribution < -0.4 is 10.1 Å². The molecule has 1 aromatic heterocycles. The van der Waals surface area contributed by atoms with E-state index in [1.165, 1.54) is 17.3 Å². The molecule has 1 unspecified atom stereocenters. The van der Waals surface area contributed by atoms with E-state index in [4.69, 9.17) is 9.72 Å². The molecule has 0 saturated heterocycles. The summed E-state index contributed by atoms with van der Waals surface area (Å²) in [6.45, 7) is 6.18. The standard InChI is InChI=1S/C27H26N2O2S/c1-4-24(32-25-17-19(3)23-12-8-9-18(2)26(23)29-25)27(30)28-20-13-15-22(16-14-20)31-21-10-6-5-7-11-21/h5-17,24H,4H2,1-3H3,(H,28,30). The number of fused-ring (bicyclic) bond motifs is 1. The zero-order valence-corrected chi connectivity index (χ0v) is 19.3. The Hall–Kier alpha value is -3.31. The van der Waals surface area contributed by atoms with E-state index in [0.29, 0.717) is 6.42 Å². The van der Waals surface area contributed by atoms with Crippen LogP contribution in [0.25, 0.3) is 10.9 Å². The number of aromatic nitrogens is 1. The van der Waals surface area contributed by atoms with Crippen LogP contribution in [0, 0.1) is 13.8 Å². The van der Waals surface area contributed by atoms with Crippen molar-refractivity contribution in [2.75, 3.05) is 5.32 Å². The fourth-order valence-electron chi connectivity index (χ4n) is 3.51. The van der Waals surface area contributed by atoms with E-state index in [-0.39, 0.29) is 11.2 Å². The second kappa shape index (κ2) is 9.88. The Morgan fingerprint density at radius 3 is 2.38 bits per heavy atom. The Morgan fingerprint density at radius 1 is 0.938 bits per heavy atom. The molecule has 0 fully saturated rings. The highest BCUT2D eigenvalue weighted by Gasteiger charge is 2.19. The summed E-state index contributed by atoms with van der Waals surface area (Å²) in [5, 5.41) is 4.82. The van der Waals surface area contributed by atoms with Crippen LogP contribution in [0.5, 0.6) is 11.5 Å². The summed E-state index contributed by atoms with van der Waals surface area (Å²) in [7, 11) is 0. The lowest BCUT2D eigenvalue weighted by Crippen LogP contribution is -2.24. The minimum absolute atomic E-state index is 0.0291. The number of rotatable bonds is 7. The van der Waals surface area contributed by atoms with Gasteiger partial charge in [0.1, 0.15) is 11.5 Å². The molecule has 162 valence electrons. The summed E-state index contributed by atoms with van der Waals surface area (Å²) in [5.74, 6) is 1.47. The first-order valence-electron chi connectivity index (χ1n) is 10.7. The number of amides is 1. The van der Waals surface area contributed by atoms with Gasteiger partial charge in [-0.25, -0.2) is 4.98 Å². The van der Waals surface area contributed by atoms with Crippen LogP contribution in [0.3, 0.4) is 0 Å². The lowest BCUT2D eigenvalue weighted by atomic mass is 10.1. The van der Waals surface area contributed by atoms with Gasteiger partial charge in [-0.15, -0.1) is 0 Å². The molecule has 32 heavy (non-hydrogen) atoms.